The maximum Gasteiger partial charge on any atom is 0.123 e. The first-order chi connectivity index (χ1) is 9.65. The molecule has 3 nitrogen and oxygen atoms in total. The molecule has 1 N–H and O–H groups in total. The van der Waals surface area contributed by atoms with Crippen molar-refractivity contribution in [1.29, 1.82) is 0 Å². The number of aromatic nitrogens is 2. The maximum absolute atomic E-state index is 13.0. The molecular weight excluding hydrogens is 253 g/mol. The van der Waals surface area contributed by atoms with Gasteiger partial charge >= 0.3 is 0 Å². The first-order valence-electron chi connectivity index (χ1n) is 7.21. The van der Waals surface area contributed by atoms with Gasteiger partial charge in [-0.25, -0.2) is 9.07 Å². The van der Waals surface area contributed by atoms with E-state index in [1.165, 1.54) is 36.2 Å². The summed E-state index contributed by atoms with van der Waals surface area (Å²) in [5, 5.41) is 8.02. The fourth-order valence-electron chi connectivity index (χ4n) is 2.47. The Labute approximate surface area is 118 Å². The van der Waals surface area contributed by atoms with Crippen LogP contribution in [0.2, 0.25) is 0 Å². The zero-order valence-electron chi connectivity index (χ0n) is 11.9. The molecule has 0 amide bonds. The number of nitrogens with zero attached hydrogens (tertiary/aromatic N) is 2. The molecular formula is C16H20FN3. The Kier molecular flexibility index (Phi) is 3.57. The van der Waals surface area contributed by atoms with Crippen LogP contribution in [0.25, 0.3) is 5.69 Å². The molecule has 1 aromatic heterocycles. The summed E-state index contributed by atoms with van der Waals surface area (Å²) in [4.78, 5) is 0. The normalized spacial score (nSPS) is 15.0. The van der Waals surface area contributed by atoms with E-state index in [0.29, 0.717) is 12.0 Å². The molecule has 1 aromatic carbocycles. The zero-order chi connectivity index (χ0) is 14.1. The van der Waals surface area contributed by atoms with Crippen LogP contribution in [0.15, 0.2) is 30.5 Å². The van der Waals surface area contributed by atoms with Gasteiger partial charge in [0.15, 0.2) is 0 Å². The van der Waals surface area contributed by atoms with Crippen molar-refractivity contribution in [3.05, 3.63) is 47.5 Å². The largest absolute Gasteiger partial charge is 0.310 e. The molecule has 3 rings (SSSR count). The number of hydrogen-bond donors (Lipinski definition) is 1. The van der Waals surface area contributed by atoms with Gasteiger partial charge in [0, 0.05) is 18.2 Å². The van der Waals surface area contributed by atoms with E-state index in [9.17, 15) is 4.39 Å². The summed E-state index contributed by atoms with van der Waals surface area (Å²) in [6, 6.07) is 7.18. The number of nitrogens with one attached hydrogen (secondary N) is 1. The molecule has 0 aliphatic heterocycles. The Morgan fingerprint density at radius 1 is 1.30 bits per heavy atom. The molecule has 1 saturated carbocycles. The lowest BCUT2D eigenvalue weighted by atomic mass is 10.1. The van der Waals surface area contributed by atoms with Gasteiger partial charge in [-0.2, -0.15) is 5.10 Å². The van der Waals surface area contributed by atoms with E-state index in [0.717, 1.165) is 12.2 Å². The highest BCUT2D eigenvalue weighted by atomic mass is 19.1. The van der Waals surface area contributed by atoms with Crippen molar-refractivity contribution in [1.82, 2.24) is 15.1 Å². The van der Waals surface area contributed by atoms with Crippen molar-refractivity contribution in [2.24, 2.45) is 0 Å². The lowest BCUT2D eigenvalue weighted by Gasteiger charge is -2.13. The van der Waals surface area contributed by atoms with Crippen molar-refractivity contribution in [3.63, 3.8) is 0 Å². The van der Waals surface area contributed by atoms with Crippen LogP contribution in [-0.2, 0) is 6.54 Å². The molecule has 0 spiro atoms. The van der Waals surface area contributed by atoms with Crippen LogP contribution in [-0.4, -0.2) is 15.8 Å². The van der Waals surface area contributed by atoms with Crippen molar-refractivity contribution >= 4 is 0 Å². The van der Waals surface area contributed by atoms with E-state index in [4.69, 9.17) is 0 Å². The summed E-state index contributed by atoms with van der Waals surface area (Å²) in [5.74, 6) is 0.154. The Morgan fingerprint density at radius 3 is 2.60 bits per heavy atom. The molecule has 0 radical (unpaired) electrons. The SMILES string of the molecule is CC(C)c1c(CNC2CC2)cnn1-c1ccc(F)cc1. The monoisotopic (exact) mass is 273 g/mol. The molecule has 0 atom stereocenters. The average Bonchev–Trinajstić information content (AvgIpc) is 3.15. The topological polar surface area (TPSA) is 29.9 Å². The van der Waals surface area contributed by atoms with Gasteiger partial charge in [-0.1, -0.05) is 13.8 Å². The van der Waals surface area contributed by atoms with Gasteiger partial charge in [-0.05, 0) is 43.0 Å². The van der Waals surface area contributed by atoms with Gasteiger partial charge in [0.1, 0.15) is 5.82 Å². The van der Waals surface area contributed by atoms with E-state index in [1.54, 1.807) is 12.1 Å². The molecule has 1 fully saturated rings. The van der Waals surface area contributed by atoms with Gasteiger partial charge in [-0.3, -0.25) is 0 Å². The summed E-state index contributed by atoms with van der Waals surface area (Å²) in [6.45, 7) is 5.19. The molecule has 1 aliphatic carbocycles. The predicted molar refractivity (Wildman–Crippen MR) is 77.5 cm³/mol. The van der Waals surface area contributed by atoms with E-state index in [1.807, 2.05) is 10.9 Å². The lowest BCUT2D eigenvalue weighted by Crippen LogP contribution is -2.17. The molecule has 2 aromatic rings. The maximum atomic E-state index is 13.0. The molecule has 106 valence electrons. The van der Waals surface area contributed by atoms with Crippen molar-refractivity contribution in [2.75, 3.05) is 0 Å². The molecule has 0 saturated heterocycles. The standard InChI is InChI=1S/C16H20FN3/c1-11(2)16-12(9-18-14-5-6-14)10-19-20(16)15-7-3-13(17)4-8-15/h3-4,7-8,10-11,14,18H,5-6,9H2,1-2H3. The summed E-state index contributed by atoms with van der Waals surface area (Å²) < 4.78 is 15.0. The van der Waals surface area contributed by atoms with Crippen LogP contribution >= 0.6 is 0 Å². The molecule has 0 bridgehead atoms. The lowest BCUT2D eigenvalue weighted by molar-refractivity contribution is 0.626. The summed E-state index contributed by atoms with van der Waals surface area (Å²) in [6.07, 6.45) is 4.49. The highest BCUT2D eigenvalue weighted by Crippen LogP contribution is 2.25. The predicted octanol–water partition coefficient (Wildman–Crippen LogP) is 3.39. The highest BCUT2D eigenvalue weighted by Gasteiger charge is 2.22. The zero-order valence-corrected chi connectivity index (χ0v) is 11.9. The third kappa shape index (κ3) is 2.75. The first-order valence-corrected chi connectivity index (χ1v) is 7.21. The minimum Gasteiger partial charge on any atom is -0.310 e. The van der Waals surface area contributed by atoms with Crippen molar-refractivity contribution in [3.8, 4) is 5.69 Å². The fourth-order valence-corrected chi connectivity index (χ4v) is 2.47. The van der Waals surface area contributed by atoms with E-state index in [-0.39, 0.29) is 5.82 Å². The van der Waals surface area contributed by atoms with E-state index < -0.39 is 0 Å². The van der Waals surface area contributed by atoms with Crippen LogP contribution in [0.4, 0.5) is 4.39 Å². The minimum atomic E-state index is -0.220. The smallest absolute Gasteiger partial charge is 0.123 e. The number of halogens is 1. The quantitative estimate of drug-likeness (QED) is 0.905. The highest BCUT2D eigenvalue weighted by molar-refractivity contribution is 5.36. The first kappa shape index (κ1) is 13.3. The van der Waals surface area contributed by atoms with Gasteiger partial charge in [0.2, 0.25) is 0 Å². The number of hydrogen-bond acceptors (Lipinski definition) is 2. The summed E-state index contributed by atoms with van der Waals surface area (Å²) in [5.41, 5.74) is 3.34. The van der Waals surface area contributed by atoms with Gasteiger partial charge in [0.05, 0.1) is 17.6 Å². The van der Waals surface area contributed by atoms with Crippen LogP contribution in [0.1, 0.15) is 43.9 Å². The minimum absolute atomic E-state index is 0.220. The second-order valence-corrected chi connectivity index (χ2v) is 5.75. The van der Waals surface area contributed by atoms with Gasteiger partial charge in [-0.15, -0.1) is 0 Å². The molecule has 20 heavy (non-hydrogen) atoms. The Bertz CT molecular complexity index is 582. The van der Waals surface area contributed by atoms with Crippen LogP contribution < -0.4 is 5.32 Å². The number of rotatable bonds is 5. The van der Waals surface area contributed by atoms with E-state index in [2.05, 4.69) is 24.3 Å². The van der Waals surface area contributed by atoms with Crippen LogP contribution in [0.5, 0.6) is 0 Å². The van der Waals surface area contributed by atoms with Crippen molar-refractivity contribution in [2.45, 2.75) is 45.2 Å². The van der Waals surface area contributed by atoms with E-state index >= 15 is 0 Å². The Morgan fingerprint density at radius 2 is 2.00 bits per heavy atom. The Balaban J connectivity index is 1.91. The second kappa shape index (κ2) is 5.37. The van der Waals surface area contributed by atoms with Crippen molar-refractivity contribution < 1.29 is 4.39 Å². The molecule has 4 heteroatoms. The summed E-state index contributed by atoms with van der Waals surface area (Å²) in [7, 11) is 0. The molecule has 1 heterocycles. The fraction of sp³-hybridized carbons (Fsp3) is 0.438. The van der Waals surface area contributed by atoms with Gasteiger partial charge < -0.3 is 5.32 Å². The average molecular weight is 273 g/mol. The molecule has 1 aliphatic rings. The summed E-state index contributed by atoms with van der Waals surface area (Å²) >= 11 is 0. The van der Waals surface area contributed by atoms with Crippen LogP contribution in [0, 0.1) is 5.82 Å². The Hall–Kier alpha value is -1.68. The number of benzene rings is 1. The third-order valence-electron chi connectivity index (χ3n) is 3.66. The second-order valence-electron chi connectivity index (χ2n) is 5.75. The third-order valence-corrected chi connectivity index (χ3v) is 3.66. The van der Waals surface area contributed by atoms with Crippen LogP contribution in [0.3, 0.4) is 0 Å². The molecule has 0 unspecified atom stereocenters. The van der Waals surface area contributed by atoms with Gasteiger partial charge in [0.25, 0.3) is 0 Å².